The van der Waals surface area contributed by atoms with Crippen molar-refractivity contribution in [1.29, 1.82) is 0 Å². The molecular formula is C19H19NO4. The highest BCUT2D eigenvalue weighted by Gasteiger charge is 2.25. The molecule has 1 heterocycles. The summed E-state index contributed by atoms with van der Waals surface area (Å²) in [6, 6.07) is 15.3. The van der Waals surface area contributed by atoms with E-state index in [4.69, 9.17) is 4.74 Å². The number of carboxylic acids is 1. The van der Waals surface area contributed by atoms with Crippen LogP contribution in [0.4, 0.5) is 0 Å². The van der Waals surface area contributed by atoms with Crippen molar-refractivity contribution in [3.63, 3.8) is 0 Å². The molecule has 5 nitrogen and oxygen atoms in total. The first-order valence-corrected chi connectivity index (χ1v) is 7.64. The minimum Gasteiger partial charge on any atom is -0.497 e. The molecule has 0 bridgehead atoms. The quantitative estimate of drug-likeness (QED) is 0.756. The lowest BCUT2D eigenvalue weighted by Gasteiger charge is -2.10. The Hall–Kier alpha value is -2.79. The third-order valence-electron chi connectivity index (χ3n) is 4.27. The van der Waals surface area contributed by atoms with Crippen molar-refractivity contribution in [2.45, 2.75) is 19.6 Å². The molecule has 0 aliphatic carbocycles. The third kappa shape index (κ3) is 2.74. The van der Waals surface area contributed by atoms with Crippen molar-refractivity contribution in [2.24, 2.45) is 0 Å². The van der Waals surface area contributed by atoms with Crippen molar-refractivity contribution < 1.29 is 19.7 Å². The number of aliphatic hydroxyl groups is 1. The molecule has 1 aromatic heterocycles. The van der Waals surface area contributed by atoms with Crippen LogP contribution in [0.25, 0.3) is 10.9 Å². The molecule has 0 amide bonds. The second-order valence-corrected chi connectivity index (χ2v) is 5.69. The molecule has 1 atom stereocenters. The van der Waals surface area contributed by atoms with Crippen LogP contribution in [-0.4, -0.2) is 27.9 Å². The average molecular weight is 325 g/mol. The van der Waals surface area contributed by atoms with Gasteiger partial charge in [0.15, 0.2) is 6.10 Å². The largest absolute Gasteiger partial charge is 0.497 e. The normalized spacial score (nSPS) is 12.3. The maximum Gasteiger partial charge on any atom is 0.337 e. The predicted octanol–water partition coefficient (Wildman–Crippen LogP) is 3.12. The maximum atomic E-state index is 11.3. The monoisotopic (exact) mass is 325 g/mol. The maximum absolute atomic E-state index is 11.3. The van der Waals surface area contributed by atoms with Gasteiger partial charge in [0.05, 0.1) is 12.6 Å². The molecule has 2 aromatic carbocycles. The summed E-state index contributed by atoms with van der Waals surface area (Å²) < 4.78 is 7.30. The molecule has 0 aliphatic heterocycles. The fraction of sp³-hybridized carbons (Fsp3) is 0.211. The Balaban J connectivity index is 2.22. The Morgan fingerprint density at radius 1 is 1.21 bits per heavy atom. The van der Waals surface area contributed by atoms with Crippen molar-refractivity contribution >= 4 is 16.9 Å². The van der Waals surface area contributed by atoms with Gasteiger partial charge in [0.1, 0.15) is 5.75 Å². The van der Waals surface area contributed by atoms with E-state index in [-0.39, 0.29) is 0 Å². The molecule has 1 unspecified atom stereocenters. The van der Waals surface area contributed by atoms with Gasteiger partial charge in [0, 0.05) is 29.3 Å². The zero-order valence-corrected chi connectivity index (χ0v) is 13.6. The number of carboxylic acid groups (broad SMARTS) is 1. The molecule has 0 saturated heterocycles. The fourth-order valence-corrected chi connectivity index (χ4v) is 3.05. The number of aliphatic hydroxyl groups excluding tert-OH is 1. The summed E-state index contributed by atoms with van der Waals surface area (Å²) in [5, 5.41) is 20.1. The minimum atomic E-state index is -1.56. The Morgan fingerprint density at radius 2 is 1.92 bits per heavy atom. The second kappa shape index (κ2) is 6.37. The van der Waals surface area contributed by atoms with E-state index in [1.807, 2.05) is 47.9 Å². The Bertz CT molecular complexity index is 883. The summed E-state index contributed by atoms with van der Waals surface area (Å²) in [6.45, 7) is 2.42. The number of aliphatic carboxylic acids is 1. The Kier molecular flexibility index (Phi) is 4.27. The van der Waals surface area contributed by atoms with Crippen LogP contribution < -0.4 is 4.74 Å². The highest BCUT2D eigenvalue weighted by molar-refractivity contribution is 5.91. The molecule has 24 heavy (non-hydrogen) atoms. The van der Waals surface area contributed by atoms with E-state index >= 15 is 0 Å². The molecule has 0 spiro atoms. The Morgan fingerprint density at radius 3 is 2.54 bits per heavy atom. The SMILES string of the molecule is COc1ccc2c(C(O)C(=O)O)c(C)n(Cc3ccccc3)c2c1. The van der Waals surface area contributed by atoms with Crippen LogP contribution >= 0.6 is 0 Å². The van der Waals surface area contributed by atoms with E-state index in [2.05, 4.69) is 0 Å². The predicted molar refractivity (Wildman–Crippen MR) is 91.4 cm³/mol. The van der Waals surface area contributed by atoms with Gasteiger partial charge in [-0.3, -0.25) is 0 Å². The van der Waals surface area contributed by atoms with Gasteiger partial charge in [-0.1, -0.05) is 30.3 Å². The summed E-state index contributed by atoms with van der Waals surface area (Å²) in [4.78, 5) is 11.3. The van der Waals surface area contributed by atoms with Crippen LogP contribution in [0.3, 0.4) is 0 Å². The van der Waals surface area contributed by atoms with Crippen molar-refractivity contribution in [2.75, 3.05) is 7.11 Å². The van der Waals surface area contributed by atoms with Gasteiger partial charge in [-0.25, -0.2) is 4.79 Å². The second-order valence-electron chi connectivity index (χ2n) is 5.69. The summed E-state index contributed by atoms with van der Waals surface area (Å²) in [7, 11) is 1.59. The van der Waals surface area contributed by atoms with Crippen molar-refractivity contribution in [1.82, 2.24) is 4.57 Å². The van der Waals surface area contributed by atoms with Crippen molar-refractivity contribution in [3.05, 3.63) is 65.4 Å². The average Bonchev–Trinajstić information content (AvgIpc) is 2.86. The first kappa shape index (κ1) is 16.1. The smallest absolute Gasteiger partial charge is 0.337 e. The number of rotatable bonds is 5. The lowest BCUT2D eigenvalue weighted by molar-refractivity contribution is -0.146. The number of carbonyl (C=O) groups is 1. The van der Waals surface area contributed by atoms with E-state index in [0.717, 1.165) is 22.2 Å². The molecular weight excluding hydrogens is 306 g/mol. The molecule has 3 aromatic rings. The van der Waals surface area contributed by atoms with Crippen LogP contribution in [0, 0.1) is 6.92 Å². The van der Waals surface area contributed by atoms with Gasteiger partial charge in [-0.05, 0) is 24.6 Å². The van der Waals surface area contributed by atoms with Gasteiger partial charge < -0.3 is 19.5 Å². The summed E-state index contributed by atoms with van der Waals surface area (Å²) in [5.41, 5.74) is 3.09. The number of methoxy groups -OCH3 is 1. The summed E-state index contributed by atoms with van der Waals surface area (Å²) in [5.74, 6) is -0.571. The van der Waals surface area contributed by atoms with Gasteiger partial charge >= 0.3 is 5.97 Å². The fourth-order valence-electron chi connectivity index (χ4n) is 3.05. The van der Waals surface area contributed by atoms with Crippen LogP contribution in [0.1, 0.15) is 22.9 Å². The molecule has 0 radical (unpaired) electrons. The Labute approximate surface area is 139 Å². The minimum absolute atomic E-state index is 0.427. The molecule has 5 heteroatoms. The molecule has 0 saturated carbocycles. The van der Waals surface area contributed by atoms with Crippen LogP contribution in [0.5, 0.6) is 5.75 Å². The number of benzene rings is 2. The van der Waals surface area contributed by atoms with E-state index in [1.165, 1.54) is 0 Å². The summed E-state index contributed by atoms with van der Waals surface area (Å²) >= 11 is 0. The molecule has 2 N–H and O–H groups in total. The van der Waals surface area contributed by atoms with Gasteiger partial charge in [-0.15, -0.1) is 0 Å². The number of fused-ring (bicyclic) bond motifs is 1. The molecule has 124 valence electrons. The standard InChI is InChI=1S/C19H19NO4/c1-12-17(18(21)19(22)23)15-9-8-14(24-2)10-16(15)20(12)11-13-6-4-3-5-7-13/h3-10,18,21H,11H2,1-2H3,(H,22,23). The van der Waals surface area contributed by atoms with Gasteiger partial charge in [0.2, 0.25) is 0 Å². The van der Waals surface area contributed by atoms with Crippen molar-refractivity contribution in [3.8, 4) is 5.75 Å². The van der Waals surface area contributed by atoms with Gasteiger partial charge in [-0.2, -0.15) is 0 Å². The van der Waals surface area contributed by atoms with E-state index in [0.29, 0.717) is 17.9 Å². The van der Waals surface area contributed by atoms with E-state index in [1.54, 1.807) is 19.2 Å². The lowest BCUT2D eigenvalue weighted by Crippen LogP contribution is -2.12. The summed E-state index contributed by atoms with van der Waals surface area (Å²) in [6.07, 6.45) is -1.56. The number of ether oxygens (including phenoxy) is 1. The first-order valence-electron chi connectivity index (χ1n) is 7.64. The third-order valence-corrected chi connectivity index (χ3v) is 4.27. The van der Waals surface area contributed by atoms with Gasteiger partial charge in [0.25, 0.3) is 0 Å². The van der Waals surface area contributed by atoms with Crippen LogP contribution in [0.15, 0.2) is 48.5 Å². The van der Waals surface area contributed by atoms with Crippen LogP contribution in [0.2, 0.25) is 0 Å². The van der Waals surface area contributed by atoms with E-state index in [9.17, 15) is 15.0 Å². The first-order chi connectivity index (χ1) is 11.5. The topological polar surface area (TPSA) is 71.7 Å². The van der Waals surface area contributed by atoms with E-state index < -0.39 is 12.1 Å². The zero-order valence-electron chi connectivity index (χ0n) is 13.6. The number of hydrogen-bond donors (Lipinski definition) is 2. The molecule has 0 aliphatic rings. The number of hydrogen-bond acceptors (Lipinski definition) is 3. The number of aromatic nitrogens is 1. The number of nitrogens with zero attached hydrogens (tertiary/aromatic N) is 1. The van der Waals surface area contributed by atoms with Crippen LogP contribution in [-0.2, 0) is 11.3 Å². The lowest BCUT2D eigenvalue weighted by atomic mass is 10.1. The highest BCUT2D eigenvalue weighted by atomic mass is 16.5. The zero-order chi connectivity index (χ0) is 17.3. The molecule has 0 fully saturated rings. The highest BCUT2D eigenvalue weighted by Crippen LogP contribution is 2.33. The molecule has 3 rings (SSSR count).